The number of benzene rings is 2. The minimum Gasteiger partial charge on any atom is -0.342 e. The summed E-state index contributed by atoms with van der Waals surface area (Å²) < 4.78 is 2.20. The molecule has 0 N–H and O–H groups in total. The van der Waals surface area contributed by atoms with Gasteiger partial charge in [0.15, 0.2) is 0 Å². The number of aromatic nitrogens is 1. The number of carbonyl (C=O) groups excluding carboxylic acids is 2. The van der Waals surface area contributed by atoms with Crippen molar-refractivity contribution in [2.45, 2.75) is 19.9 Å². The lowest BCUT2D eigenvalue weighted by molar-refractivity contribution is -0.140. The molecule has 0 unspecified atom stereocenters. The highest BCUT2D eigenvalue weighted by Crippen LogP contribution is 2.52. The standard InChI is InChI=1S/C26H23N3O2/c1-16-6-2-3-7-19(16)14-28-15-20(21-8-4-5-9-22(21)28)13-27-29-25(30)23-17-10-11-18(12-17)24(23)26(29)31/h2-11,13,15,17-18,23-24H,12,14H2,1H3/b27-13-/t17-,18-,23-,24-/m0/s1. The quantitative estimate of drug-likeness (QED) is 0.369. The third-order valence-corrected chi connectivity index (χ3v) is 7.18. The number of allylic oxidation sites excluding steroid dienone is 2. The minimum atomic E-state index is -0.220. The Kier molecular flexibility index (Phi) is 4.00. The van der Waals surface area contributed by atoms with E-state index in [9.17, 15) is 9.59 Å². The Hall–Kier alpha value is -3.47. The predicted molar refractivity (Wildman–Crippen MR) is 119 cm³/mol. The number of hydrogen-bond acceptors (Lipinski definition) is 3. The van der Waals surface area contributed by atoms with Gasteiger partial charge in [0.1, 0.15) is 0 Å². The fourth-order valence-electron chi connectivity index (χ4n) is 5.60. The number of hydrazone groups is 1. The molecule has 31 heavy (non-hydrogen) atoms. The molecule has 1 saturated heterocycles. The van der Waals surface area contributed by atoms with Crippen LogP contribution < -0.4 is 0 Å². The van der Waals surface area contributed by atoms with Crippen LogP contribution in [-0.4, -0.2) is 27.6 Å². The van der Waals surface area contributed by atoms with Crippen LogP contribution >= 0.6 is 0 Å². The Bertz CT molecular complexity index is 1250. The molecule has 4 atom stereocenters. The first-order chi connectivity index (χ1) is 15.1. The van der Waals surface area contributed by atoms with Crippen molar-refractivity contribution in [3.05, 3.63) is 83.6 Å². The van der Waals surface area contributed by atoms with Crippen LogP contribution in [0.3, 0.4) is 0 Å². The van der Waals surface area contributed by atoms with Crippen molar-refractivity contribution < 1.29 is 9.59 Å². The number of imide groups is 1. The summed E-state index contributed by atoms with van der Waals surface area (Å²) in [4.78, 5) is 25.8. The molecule has 2 aromatic carbocycles. The fourth-order valence-corrected chi connectivity index (χ4v) is 5.60. The molecule has 2 bridgehead atoms. The first-order valence-corrected chi connectivity index (χ1v) is 10.8. The van der Waals surface area contributed by atoms with Crippen LogP contribution in [0.1, 0.15) is 23.1 Å². The van der Waals surface area contributed by atoms with Crippen molar-refractivity contribution in [3.63, 3.8) is 0 Å². The molecule has 2 amide bonds. The topological polar surface area (TPSA) is 54.7 Å². The number of nitrogens with zero attached hydrogens (tertiary/aromatic N) is 3. The minimum absolute atomic E-state index is 0.147. The fraction of sp³-hybridized carbons (Fsp3) is 0.269. The van der Waals surface area contributed by atoms with E-state index in [0.29, 0.717) is 0 Å². The molecule has 154 valence electrons. The van der Waals surface area contributed by atoms with Crippen molar-refractivity contribution in [2.75, 3.05) is 0 Å². The smallest absolute Gasteiger partial charge is 0.254 e. The number of amides is 2. The van der Waals surface area contributed by atoms with Crippen LogP contribution in [0.15, 0.2) is 72.0 Å². The largest absolute Gasteiger partial charge is 0.342 e. The van der Waals surface area contributed by atoms with Gasteiger partial charge in [-0.2, -0.15) is 10.1 Å². The van der Waals surface area contributed by atoms with Crippen molar-refractivity contribution in [3.8, 4) is 0 Å². The number of para-hydroxylation sites is 1. The maximum absolute atomic E-state index is 12.9. The molecule has 3 aliphatic rings. The maximum atomic E-state index is 12.9. The monoisotopic (exact) mass is 409 g/mol. The van der Waals surface area contributed by atoms with E-state index in [1.54, 1.807) is 6.21 Å². The molecule has 1 saturated carbocycles. The van der Waals surface area contributed by atoms with E-state index < -0.39 is 0 Å². The van der Waals surface area contributed by atoms with E-state index in [-0.39, 0.29) is 35.5 Å². The zero-order chi connectivity index (χ0) is 21.1. The van der Waals surface area contributed by atoms with Crippen LogP contribution in [0.4, 0.5) is 0 Å². The Morgan fingerprint density at radius 3 is 2.39 bits per heavy atom. The van der Waals surface area contributed by atoms with Crippen LogP contribution in [0.2, 0.25) is 0 Å². The number of fused-ring (bicyclic) bond motifs is 6. The molecule has 1 aliphatic heterocycles. The van der Waals surface area contributed by atoms with Crippen LogP contribution in [-0.2, 0) is 16.1 Å². The normalized spacial score (nSPS) is 26.7. The van der Waals surface area contributed by atoms with Crippen LogP contribution in [0, 0.1) is 30.6 Å². The lowest BCUT2D eigenvalue weighted by Gasteiger charge is -2.13. The molecule has 1 aromatic heterocycles. The zero-order valence-corrected chi connectivity index (χ0v) is 17.3. The molecule has 6 rings (SSSR count). The van der Waals surface area contributed by atoms with Crippen molar-refractivity contribution in [1.29, 1.82) is 0 Å². The van der Waals surface area contributed by atoms with Gasteiger partial charge in [0.2, 0.25) is 0 Å². The molecular weight excluding hydrogens is 386 g/mol. The third-order valence-electron chi connectivity index (χ3n) is 7.18. The molecule has 2 fully saturated rings. The Morgan fingerprint density at radius 1 is 0.968 bits per heavy atom. The first kappa shape index (κ1) is 18.3. The molecule has 0 radical (unpaired) electrons. The maximum Gasteiger partial charge on any atom is 0.254 e. The summed E-state index contributed by atoms with van der Waals surface area (Å²) in [5.74, 6) is -0.340. The van der Waals surface area contributed by atoms with Gasteiger partial charge < -0.3 is 4.57 Å². The van der Waals surface area contributed by atoms with Gasteiger partial charge in [0.25, 0.3) is 11.8 Å². The molecule has 2 aliphatic carbocycles. The Labute approximate surface area is 180 Å². The van der Waals surface area contributed by atoms with E-state index in [4.69, 9.17) is 0 Å². The highest BCUT2D eigenvalue weighted by molar-refractivity contribution is 6.07. The summed E-state index contributed by atoms with van der Waals surface area (Å²) in [6, 6.07) is 16.5. The lowest BCUT2D eigenvalue weighted by atomic mass is 9.85. The highest BCUT2D eigenvalue weighted by Gasteiger charge is 2.59. The van der Waals surface area contributed by atoms with Crippen molar-refractivity contribution in [2.24, 2.45) is 28.8 Å². The molecule has 3 aromatic rings. The number of carbonyl (C=O) groups is 2. The summed E-state index contributed by atoms with van der Waals surface area (Å²) in [5.41, 5.74) is 4.51. The van der Waals surface area contributed by atoms with Crippen molar-refractivity contribution >= 4 is 28.9 Å². The average Bonchev–Trinajstić information content (AvgIpc) is 3.53. The van der Waals surface area contributed by atoms with E-state index >= 15 is 0 Å². The molecule has 5 heteroatoms. The van der Waals surface area contributed by atoms with Crippen LogP contribution in [0.5, 0.6) is 0 Å². The van der Waals surface area contributed by atoms with E-state index in [1.165, 1.54) is 11.1 Å². The second-order valence-corrected chi connectivity index (χ2v) is 8.89. The van der Waals surface area contributed by atoms with Gasteiger partial charge in [0.05, 0.1) is 18.1 Å². The zero-order valence-electron chi connectivity index (χ0n) is 17.3. The van der Waals surface area contributed by atoms with E-state index in [2.05, 4.69) is 65.3 Å². The average molecular weight is 409 g/mol. The summed E-state index contributed by atoms with van der Waals surface area (Å²) in [6.45, 7) is 2.87. The second kappa shape index (κ2) is 6.77. The first-order valence-electron chi connectivity index (χ1n) is 10.8. The summed E-state index contributed by atoms with van der Waals surface area (Å²) in [7, 11) is 0. The van der Waals surface area contributed by atoms with Crippen LogP contribution in [0.25, 0.3) is 10.9 Å². The van der Waals surface area contributed by atoms with E-state index in [1.807, 2.05) is 18.2 Å². The van der Waals surface area contributed by atoms with Gasteiger partial charge in [-0.25, -0.2) is 0 Å². The Morgan fingerprint density at radius 2 is 1.65 bits per heavy atom. The van der Waals surface area contributed by atoms with Gasteiger partial charge in [-0.3, -0.25) is 9.59 Å². The molecule has 0 spiro atoms. The van der Waals surface area contributed by atoms with Gasteiger partial charge in [-0.05, 0) is 42.4 Å². The number of aryl methyl sites for hydroxylation is 1. The highest BCUT2D eigenvalue weighted by atomic mass is 16.2. The summed E-state index contributed by atoms with van der Waals surface area (Å²) in [6.07, 6.45) is 8.85. The second-order valence-electron chi connectivity index (χ2n) is 8.89. The predicted octanol–water partition coefficient (Wildman–Crippen LogP) is 4.14. The van der Waals surface area contributed by atoms with Crippen molar-refractivity contribution in [1.82, 2.24) is 9.58 Å². The third kappa shape index (κ3) is 2.73. The Balaban J connectivity index is 1.33. The van der Waals surface area contributed by atoms with Gasteiger partial charge in [0, 0.05) is 29.2 Å². The lowest BCUT2D eigenvalue weighted by Crippen LogP contribution is -2.28. The van der Waals surface area contributed by atoms with E-state index in [0.717, 1.165) is 34.4 Å². The summed E-state index contributed by atoms with van der Waals surface area (Å²) >= 11 is 0. The molecular formula is C26H23N3O2. The molecule has 2 heterocycles. The molecule has 5 nitrogen and oxygen atoms in total. The SMILES string of the molecule is Cc1ccccc1Cn1cc(/C=N\N2C(=O)[C@@H]3[C@@H](C2=O)[C@H]2C=C[C@H]3C2)c2ccccc21. The summed E-state index contributed by atoms with van der Waals surface area (Å²) in [5, 5.41) is 6.57. The van der Waals surface area contributed by atoms with Gasteiger partial charge >= 0.3 is 0 Å². The number of rotatable bonds is 4. The van der Waals surface area contributed by atoms with Gasteiger partial charge in [-0.15, -0.1) is 0 Å². The van der Waals surface area contributed by atoms with Gasteiger partial charge in [-0.1, -0.05) is 54.6 Å². The number of hydrogen-bond donors (Lipinski definition) is 0.